The highest BCUT2D eigenvalue weighted by atomic mass is 32.2. The van der Waals surface area contributed by atoms with Gasteiger partial charge in [-0.1, -0.05) is 30.3 Å². The first-order chi connectivity index (χ1) is 10.4. The Labute approximate surface area is 135 Å². The molecule has 6 heteroatoms. The van der Waals surface area contributed by atoms with E-state index in [-0.39, 0.29) is 12.6 Å². The minimum atomic E-state index is -3.57. The quantitative estimate of drug-likeness (QED) is 0.814. The van der Waals surface area contributed by atoms with Crippen molar-refractivity contribution in [1.29, 1.82) is 0 Å². The molecule has 0 saturated carbocycles. The smallest absolute Gasteiger partial charge is 0.242 e. The Balaban J connectivity index is 2.28. The third-order valence-electron chi connectivity index (χ3n) is 3.44. The van der Waals surface area contributed by atoms with Gasteiger partial charge in [0.15, 0.2) is 0 Å². The lowest BCUT2D eigenvalue weighted by Crippen LogP contribution is -2.29. The van der Waals surface area contributed by atoms with E-state index in [0.717, 1.165) is 15.3 Å². The normalized spacial score (nSPS) is 13.2. The third-order valence-corrected chi connectivity index (χ3v) is 6.13. The summed E-state index contributed by atoms with van der Waals surface area (Å²) in [5, 5.41) is 9.05. The monoisotopic (exact) mass is 339 g/mol. The van der Waals surface area contributed by atoms with Gasteiger partial charge in [-0.3, -0.25) is 0 Å². The van der Waals surface area contributed by atoms with Crippen molar-refractivity contribution in [2.45, 2.75) is 37.6 Å². The number of sulfonamides is 1. The first-order valence-corrected chi connectivity index (χ1v) is 9.49. The minimum absolute atomic E-state index is 0.0433. The summed E-state index contributed by atoms with van der Waals surface area (Å²) in [6, 6.07) is 10.8. The molecule has 0 spiro atoms. The van der Waals surface area contributed by atoms with Crippen molar-refractivity contribution in [3.8, 4) is 0 Å². The fourth-order valence-electron chi connectivity index (χ4n) is 2.40. The Kier molecular flexibility index (Phi) is 5.74. The third kappa shape index (κ3) is 4.16. The average molecular weight is 339 g/mol. The highest BCUT2D eigenvalue weighted by Crippen LogP contribution is 2.27. The SMILES string of the molecule is Cc1cc(S(=O)(=O)NC(CCCO)c2ccccc2)c(C)s1. The molecule has 1 heterocycles. The van der Waals surface area contributed by atoms with E-state index in [1.54, 1.807) is 6.07 Å². The van der Waals surface area contributed by atoms with Gasteiger partial charge in [-0.05, 0) is 38.3 Å². The molecule has 1 atom stereocenters. The second kappa shape index (κ2) is 7.37. The molecular weight excluding hydrogens is 318 g/mol. The summed E-state index contributed by atoms with van der Waals surface area (Å²) in [5.41, 5.74) is 0.907. The number of nitrogens with one attached hydrogen (secondary N) is 1. The summed E-state index contributed by atoms with van der Waals surface area (Å²) < 4.78 is 28.1. The van der Waals surface area contributed by atoms with Gasteiger partial charge in [0, 0.05) is 22.4 Å². The van der Waals surface area contributed by atoms with Crippen molar-refractivity contribution in [3.63, 3.8) is 0 Å². The lowest BCUT2D eigenvalue weighted by atomic mass is 10.0. The van der Waals surface area contributed by atoms with Crippen molar-refractivity contribution in [1.82, 2.24) is 4.72 Å². The zero-order chi connectivity index (χ0) is 16.2. The van der Waals surface area contributed by atoms with Gasteiger partial charge in [0.25, 0.3) is 0 Å². The van der Waals surface area contributed by atoms with Crippen LogP contribution in [0.25, 0.3) is 0 Å². The molecule has 0 bridgehead atoms. The van der Waals surface area contributed by atoms with E-state index in [1.165, 1.54) is 11.3 Å². The minimum Gasteiger partial charge on any atom is -0.396 e. The van der Waals surface area contributed by atoms with Crippen molar-refractivity contribution >= 4 is 21.4 Å². The highest BCUT2D eigenvalue weighted by Gasteiger charge is 2.24. The van der Waals surface area contributed by atoms with E-state index >= 15 is 0 Å². The van der Waals surface area contributed by atoms with Crippen LogP contribution in [0.3, 0.4) is 0 Å². The summed E-state index contributed by atoms with van der Waals surface area (Å²) in [6.45, 7) is 3.76. The number of aliphatic hydroxyl groups excluding tert-OH is 1. The molecule has 0 radical (unpaired) electrons. The molecule has 1 aromatic carbocycles. The van der Waals surface area contributed by atoms with Crippen LogP contribution in [0.15, 0.2) is 41.3 Å². The van der Waals surface area contributed by atoms with E-state index < -0.39 is 10.0 Å². The summed E-state index contributed by atoms with van der Waals surface area (Å²) in [6.07, 6.45) is 1.10. The van der Waals surface area contributed by atoms with E-state index in [4.69, 9.17) is 5.11 Å². The molecule has 1 aromatic heterocycles. The largest absolute Gasteiger partial charge is 0.396 e. The summed E-state index contributed by atoms with van der Waals surface area (Å²) >= 11 is 1.48. The molecule has 0 saturated heterocycles. The van der Waals surface area contributed by atoms with Gasteiger partial charge in [0.2, 0.25) is 10.0 Å². The Morgan fingerprint density at radius 1 is 1.23 bits per heavy atom. The van der Waals surface area contributed by atoms with Crippen LogP contribution in [-0.4, -0.2) is 20.1 Å². The highest BCUT2D eigenvalue weighted by molar-refractivity contribution is 7.89. The molecule has 1 unspecified atom stereocenters. The van der Waals surface area contributed by atoms with E-state index in [2.05, 4.69) is 4.72 Å². The van der Waals surface area contributed by atoms with Crippen LogP contribution in [0.2, 0.25) is 0 Å². The Morgan fingerprint density at radius 2 is 1.91 bits per heavy atom. The second-order valence-electron chi connectivity index (χ2n) is 5.23. The first-order valence-electron chi connectivity index (χ1n) is 7.19. The molecule has 0 amide bonds. The Morgan fingerprint density at radius 3 is 2.45 bits per heavy atom. The van der Waals surface area contributed by atoms with Crippen LogP contribution in [0, 0.1) is 13.8 Å². The van der Waals surface area contributed by atoms with Gasteiger partial charge < -0.3 is 5.11 Å². The Bertz CT molecular complexity index is 708. The zero-order valence-corrected chi connectivity index (χ0v) is 14.4. The van der Waals surface area contributed by atoms with Crippen molar-refractivity contribution in [2.24, 2.45) is 0 Å². The fourth-order valence-corrected chi connectivity index (χ4v) is 5.21. The molecule has 2 rings (SSSR count). The lowest BCUT2D eigenvalue weighted by molar-refractivity contribution is 0.278. The second-order valence-corrected chi connectivity index (χ2v) is 8.37. The molecule has 0 aliphatic carbocycles. The molecule has 4 nitrogen and oxygen atoms in total. The topological polar surface area (TPSA) is 66.4 Å². The molecule has 22 heavy (non-hydrogen) atoms. The van der Waals surface area contributed by atoms with Gasteiger partial charge in [-0.25, -0.2) is 13.1 Å². The van der Waals surface area contributed by atoms with Crippen molar-refractivity contribution in [3.05, 3.63) is 51.7 Å². The van der Waals surface area contributed by atoms with E-state index in [1.807, 2.05) is 44.2 Å². The maximum atomic E-state index is 12.6. The van der Waals surface area contributed by atoms with Crippen molar-refractivity contribution < 1.29 is 13.5 Å². The van der Waals surface area contributed by atoms with Gasteiger partial charge in [0.05, 0.1) is 4.90 Å². The average Bonchev–Trinajstić information content (AvgIpc) is 2.84. The number of benzene rings is 1. The molecule has 0 aliphatic heterocycles. The molecule has 0 aliphatic rings. The van der Waals surface area contributed by atoms with Gasteiger partial charge >= 0.3 is 0 Å². The molecule has 120 valence electrons. The Hall–Kier alpha value is -1.21. The van der Waals surface area contributed by atoms with Gasteiger partial charge in [-0.15, -0.1) is 11.3 Å². The van der Waals surface area contributed by atoms with E-state index in [0.29, 0.717) is 17.7 Å². The number of hydrogen-bond donors (Lipinski definition) is 2. The van der Waals surface area contributed by atoms with Crippen LogP contribution < -0.4 is 4.72 Å². The maximum Gasteiger partial charge on any atom is 0.242 e. The van der Waals surface area contributed by atoms with Crippen LogP contribution in [-0.2, 0) is 10.0 Å². The summed E-state index contributed by atoms with van der Waals surface area (Å²) in [4.78, 5) is 2.11. The molecule has 2 N–H and O–H groups in total. The number of rotatable bonds is 7. The summed E-state index contributed by atoms with van der Waals surface area (Å²) in [7, 11) is -3.57. The predicted molar refractivity (Wildman–Crippen MR) is 89.6 cm³/mol. The van der Waals surface area contributed by atoms with Gasteiger partial charge in [-0.2, -0.15) is 0 Å². The summed E-state index contributed by atoms with van der Waals surface area (Å²) in [5.74, 6) is 0. The van der Waals surface area contributed by atoms with Gasteiger partial charge in [0.1, 0.15) is 0 Å². The zero-order valence-electron chi connectivity index (χ0n) is 12.7. The van der Waals surface area contributed by atoms with Crippen LogP contribution in [0.1, 0.15) is 34.2 Å². The van der Waals surface area contributed by atoms with Crippen LogP contribution in [0.5, 0.6) is 0 Å². The number of aliphatic hydroxyl groups is 1. The molecule has 2 aromatic rings. The number of aryl methyl sites for hydroxylation is 2. The fraction of sp³-hybridized carbons (Fsp3) is 0.375. The van der Waals surface area contributed by atoms with Crippen LogP contribution >= 0.6 is 11.3 Å². The van der Waals surface area contributed by atoms with E-state index in [9.17, 15) is 8.42 Å². The maximum absolute atomic E-state index is 12.6. The standard InChI is InChI=1S/C16H21NO3S2/c1-12-11-16(13(2)21-12)22(19,20)17-15(9-6-10-18)14-7-4-3-5-8-14/h3-5,7-8,11,15,17-18H,6,9-10H2,1-2H3. The number of thiophene rings is 1. The molecular formula is C16H21NO3S2. The first kappa shape index (κ1) is 17.1. The predicted octanol–water partition coefficient (Wildman–Crippen LogP) is 3.16. The number of hydrogen-bond acceptors (Lipinski definition) is 4. The van der Waals surface area contributed by atoms with Crippen molar-refractivity contribution in [2.75, 3.05) is 6.61 Å². The molecule has 0 fully saturated rings. The van der Waals surface area contributed by atoms with Crippen LogP contribution in [0.4, 0.5) is 0 Å². The lowest BCUT2D eigenvalue weighted by Gasteiger charge is -2.19.